The number of hydrogen-bond acceptors (Lipinski definition) is 3. The highest BCUT2D eigenvalue weighted by atomic mass is 35.5. The van der Waals surface area contributed by atoms with Crippen molar-refractivity contribution in [2.24, 2.45) is 11.7 Å². The van der Waals surface area contributed by atoms with Crippen LogP contribution in [-0.2, 0) is 22.2 Å². The zero-order valence-corrected chi connectivity index (χ0v) is 14.3. The Morgan fingerprint density at radius 1 is 1.27 bits per heavy atom. The summed E-state index contributed by atoms with van der Waals surface area (Å²) in [6, 6.07) is 0.810. The van der Waals surface area contributed by atoms with Crippen molar-refractivity contribution in [1.29, 1.82) is 0 Å². The van der Waals surface area contributed by atoms with Gasteiger partial charge in [0.2, 0.25) is 11.8 Å². The van der Waals surface area contributed by atoms with E-state index in [-0.39, 0.29) is 34.8 Å². The van der Waals surface area contributed by atoms with Crippen LogP contribution in [-0.4, -0.2) is 39.2 Å². The first-order valence-corrected chi connectivity index (χ1v) is 8.34. The highest BCUT2D eigenvalue weighted by molar-refractivity contribution is 6.33. The van der Waals surface area contributed by atoms with Gasteiger partial charge in [-0.05, 0) is 18.9 Å². The van der Waals surface area contributed by atoms with Crippen molar-refractivity contribution < 1.29 is 22.8 Å². The molecule has 0 spiro atoms. The van der Waals surface area contributed by atoms with Gasteiger partial charge in [-0.1, -0.05) is 11.6 Å². The highest BCUT2D eigenvalue weighted by Crippen LogP contribution is 2.32. The number of imidazole rings is 1. The molecular formula is C16H16ClF3N4O2. The van der Waals surface area contributed by atoms with Crippen LogP contribution in [0.2, 0.25) is 5.02 Å². The first-order chi connectivity index (χ1) is 12.1. The molecule has 0 bridgehead atoms. The number of hydrogen-bond donors (Lipinski definition) is 1. The molecule has 2 N–H and O–H groups in total. The molecule has 3 heterocycles. The Balaban J connectivity index is 1.74. The van der Waals surface area contributed by atoms with Crippen LogP contribution < -0.4 is 5.73 Å². The maximum absolute atomic E-state index is 12.9. The molecule has 2 aromatic rings. The van der Waals surface area contributed by atoms with Crippen molar-refractivity contribution in [3.05, 3.63) is 34.7 Å². The van der Waals surface area contributed by atoms with Gasteiger partial charge in [-0.2, -0.15) is 13.2 Å². The summed E-state index contributed by atoms with van der Waals surface area (Å²) >= 11 is 5.89. The van der Waals surface area contributed by atoms with Crippen molar-refractivity contribution >= 4 is 29.1 Å². The molecule has 0 aliphatic carbocycles. The van der Waals surface area contributed by atoms with Crippen molar-refractivity contribution in [3.8, 4) is 0 Å². The number of aromatic nitrogens is 2. The molecule has 0 radical (unpaired) electrons. The fraction of sp³-hybridized carbons (Fsp3) is 0.438. The zero-order valence-electron chi connectivity index (χ0n) is 13.6. The number of carbonyl (C=O) groups excluding carboxylic acids is 2. The van der Waals surface area contributed by atoms with Gasteiger partial charge in [0, 0.05) is 31.4 Å². The number of rotatable bonds is 3. The molecule has 0 saturated carbocycles. The van der Waals surface area contributed by atoms with Gasteiger partial charge in [-0.15, -0.1) is 0 Å². The molecule has 26 heavy (non-hydrogen) atoms. The third-order valence-electron chi connectivity index (χ3n) is 4.47. The van der Waals surface area contributed by atoms with E-state index in [1.54, 1.807) is 4.90 Å². The molecule has 1 fully saturated rings. The first-order valence-electron chi connectivity index (χ1n) is 7.96. The third kappa shape index (κ3) is 3.77. The number of nitrogens with two attached hydrogens (primary N) is 1. The van der Waals surface area contributed by atoms with Gasteiger partial charge in [-0.3, -0.25) is 9.59 Å². The quantitative estimate of drug-likeness (QED) is 0.875. The summed E-state index contributed by atoms with van der Waals surface area (Å²) in [5.41, 5.74) is 4.86. The standard InChI is InChI=1S/C16H16ClF3N4O2/c17-12-5-10(16(18,19)20)7-24-8-11(22-15(12)24)6-13(25)23-3-1-9(2-4-23)14(21)26/h5,7-9H,1-4,6H2,(H2,21,26). The molecular weight excluding hydrogens is 373 g/mol. The number of piperidine rings is 1. The second kappa shape index (κ2) is 6.79. The van der Waals surface area contributed by atoms with E-state index in [1.165, 1.54) is 10.6 Å². The normalized spacial score (nSPS) is 16.2. The molecule has 3 rings (SSSR count). The van der Waals surface area contributed by atoms with Crippen LogP contribution in [0.15, 0.2) is 18.5 Å². The number of pyridine rings is 1. The van der Waals surface area contributed by atoms with Gasteiger partial charge < -0.3 is 15.0 Å². The minimum atomic E-state index is -4.52. The molecule has 0 aromatic carbocycles. The summed E-state index contributed by atoms with van der Waals surface area (Å²) in [5, 5.41) is -0.138. The molecule has 1 aliphatic heterocycles. The number of nitrogens with zero attached hydrogens (tertiary/aromatic N) is 3. The van der Waals surface area contributed by atoms with Gasteiger partial charge >= 0.3 is 6.18 Å². The molecule has 6 nitrogen and oxygen atoms in total. The molecule has 2 aromatic heterocycles. The Kier molecular flexibility index (Phi) is 4.83. The lowest BCUT2D eigenvalue weighted by molar-refractivity contribution is -0.138. The largest absolute Gasteiger partial charge is 0.417 e. The highest BCUT2D eigenvalue weighted by Gasteiger charge is 2.32. The fourth-order valence-corrected chi connectivity index (χ4v) is 3.29. The van der Waals surface area contributed by atoms with Crippen LogP contribution in [0, 0.1) is 5.92 Å². The summed E-state index contributed by atoms with van der Waals surface area (Å²) in [4.78, 5) is 29.3. The number of carbonyl (C=O) groups is 2. The Morgan fingerprint density at radius 2 is 1.92 bits per heavy atom. The SMILES string of the molecule is NC(=O)C1CCN(C(=O)Cc2cn3cc(C(F)(F)F)cc(Cl)c3n2)CC1. The minimum absolute atomic E-state index is 0.0550. The van der Waals surface area contributed by atoms with E-state index in [1.807, 2.05) is 0 Å². The van der Waals surface area contributed by atoms with Crippen molar-refractivity contribution in [3.63, 3.8) is 0 Å². The van der Waals surface area contributed by atoms with E-state index in [0.29, 0.717) is 31.6 Å². The minimum Gasteiger partial charge on any atom is -0.369 e. The average Bonchev–Trinajstić information content (AvgIpc) is 2.97. The number of likely N-dealkylation sites (tertiary alicyclic amines) is 1. The van der Waals surface area contributed by atoms with Gasteiger partial charge in [0.25, 0.3) is 0 Å². The Bertz CT molecular complexity index is 857. The van der Waals surface area contributed by atoms with E-state index in [0.717, 1.165) is 12.3 Å². The van der Waals surface area contributed by atoms with Gasteiger partial charge in [-0.25, -0.2) is 4.98 Å². The molecule has 10 heteroatoms. The average molecular weight is 389 g/mol. The molecule has 2 amide bonds. The lowest BCUT2D eigenvalue weighted by atomic mass is 9.96. The zero-order chi connectivity index (χ0) is 19.1. The predicted octanol–water partition coefficient (Wildman–Crippen LogP) is 2.27. The van der Waals surface area contributed by atoms with Crippen LogP contribution >= 0.6 is 11.6 Å². The topological polar surface area (TPSA) is 80.7 Å². The number of primary amides is 1. The smallest absolute Gasteiger partial charge is 0.369 e. The van der Waals surface area contributed by atoms with Crippen LogP contribution in [0.3, 0.4) is 0 Å². The van der Waals surface area contributed by atoms with Gasteiger partial charge in [0.1, 0.15) is 0 Å². The third-order valence-corrected chi connectivity index (χ3v) is 4.74. The Hall–Kier alpha value is -2.29. The molecule has 1 aliphatic rings. The summed E-state index contributed by atoms with van der Waals surface area (Å²) in [5.74, 6) is -0.801. The molecule has 0 atom stereocenters. The van der Waals surface area contributed by atoms with E-state index in [4.69, 9.17) is 17.3 Å². The summed E-state index contributed by atoms with van der Waals surface area (Å²) in [6.45, 7) is 0.831. The summed E-state index contributed by atoms with van der Waals surface area (Å²) < 4.78 is 39.7. The van der Waals surface area contributed by atoms with Crippen LogP contribution in [0.1, 0.15) is 24.1 Å². The number of amides is 2. The van der Waals surface area contributed by atoms with Gasteiger partial charge in [0.15, 0.2) is 5.65 Å². The second-order valence-corrected chi connectivity index (χ2v) is 6.68. The molecule has 140 valence electrons. The number of alkyl halides is 3. The van der Waals surface area contributed by atoms with Crippen molar-refractivity contribution in [2.75, 3.05) is 13.1 Å². The van der Waals surface area contributed by atoms with Crippen LogP contribution in [0.5, 0.6) is 0 Å². The van der Waals surface area contributed by atoms with Crippen LogP contribution in [0.4, 0.5) is 13.2 Å². The van der Waals surface area contributed by atoms with E-state index in [2.05, 4.69) is 4.98 Å². The van der Waals surface area contributed by atoms with Crippen LogP contribution in [0.25, 0.3) is 5.65 Å². The van der Waals surface area contributed by atoms with E-state index in [9.17, 15) is 22.8 Å². The fourth-order valence-electron chi connectivity index (χ4n) is 3.03. The monoisotopic (exact) mass is 388 g/mol. The van der Waals surface area contributed by atoms with E-state index < -0.39 is 11.7 Å². The maximum atomic E-state index is 12.9. The summed E-state index contributed by atoms with van der Waals surface area (Å²) in [6.07, 6.45) is -1.31. The Labute approximate surface area is 151 Å². The van der Waals surface area contributed by atoms with Crippen molar-refractivity contribution in [1.82, 2.24) is 14.3 Å². The van der Waals surface area contributed by atoms with E-state index >= 15 is 0 Å². The number of halogens is 4. The molecule has 1 saturated heterocycles. The first kappa shape index (κ1) is 18.5. The lowest BCUT2D eigenvalue weighted by Gasteiger charge is -2.30. The predicted molar refractivity (Wildman–Crippen MR) is 87.4 cm³/mol. The second-order valence-electron chi connectivity index (χ2n) is 6.27. The maximum Gasteiger partial charge on any atom is 0.417 e. The summed E-state index contributed by atoms with van der Waals surface area (Å²) in [7, 11) is 0. The van der Waals surface area contributed by atoms with Gasteiger partial charge in [0.05, 0.1) is 22.7 Å². The lowest BCUT2D eigenvalue weighted by Crippen LogP contribution is -2.42. The molecule has 0 unspecified atom stereocenters. The van der Waals surface area contributed by atoms with Crippen molar-refractivity contribution in [2.45, 2.75) is 25.4 Å². The number of fused-ring (bicyclic) bond motifs is 1. The Morgan fingerprint density at radius 3 is 2.50 bits per heavy atom.